The van der Waals surface area contributed by atoms with Crippen molar-refractivity contribution in [2.24, 2.45) is 0 Å². The predicted octanol–water partition coefficient (Wildman–Crippen LogP) is 1.73. The Labute approximate surface area is 108 Å². The van der Waals surface area contributed by atoms with Gasteiger partial charge in [-0.15, -0.1) is 12.3 Å². The number of nitrogens with one attached hydrogen (secondary N) is 2. The minimum absolute atomic E-state index is 0.0128. The van der Waals surface area contributed by atoms with Gasteiger partial charge in [-0.1, -0.05) is 6.92 Å². The standard InChI is InChI=1S/C13H22N2O3/c1-4-7-11(5-2)15-13(18)14-10(3)8-6-9-12(16)17/h1,10-11H,5-9H2,2-3H3,(H,16,17)(H2,14,15,18). The van der Waals surface area contributed by atoms with E-state index < -0.39 is 5.97 Å². The van der Waals surface area contributed by atoms with Crippen LogP contribution in [0.5, 0.6) is 0 Å². The fourth-order valence-electron chi connectivity index (χ4n) is 1.52. The maximum Gasteiger partial charge on any atom is 0.315 e. The summed E-state index contributed by atoms with van der Waals surface area (Å²) in [5.41, 5.74) is 0. The lowest BCUT2D eigenvalue weighted by Crippen LogP contribution is -2.45. The monoisotopic (exact) mass is 254 g/mol. The van der Waals surface area contributed by atoms with Crippen LogP contribution in [0, 0.1) is 12.3 Å². The van der Waals surface area contributed by atoms with Crippen molar-refractivity contribution in [2.45, 2.75) is 58.0 Å². The molecule has 0 spiro atoms. The molecule has 0 bridgehead atoms. The molecule has 0 aromatic heterocycles. The molecule has 0 aliphatic rings. The van der Waals surface area contributed by atoms with Crippen LogP contribution in [-0.2, 0) is 4.79 Å². The van der Waals surface area contributed by atoms with Gasteiger partial charge in [0.05, 0.1) is 0 Å². The summed E-state index contributed by atoms with van der Waals surface area (Å²) in [6, 6.07) is -0.311. The molecule has 0 fully saturated rings. The fraction of sp³-hybridized carbons (Fsp3) is 0.692. The summed E-state index contributed by atoms with van der Waals surface area (Å²) in [4.78, 5) is 21.9. The van der Waals surface area contributed by atoms with Crippen LogP contribution in [0.2, 0.25) is 0 Å². The average Bonchev–Trinajstić information content (AvgIpc) is 2.27. The Bertz CT molecular complexity index is 310. The van der Waals surface area contributed by atoms with Crippen molar-refractivity contribution in [3.8, 4) is 12.3 Å². The molecule has 2 amide bonds. The van der Waals surface area contributed by atoms with Gasteiger partial charge in [0.2, 0.25) is 0 Å². The highest BCUT2D eigenvalue weighted by Gasteiger charge is 2.11. The van der Waals surface area contributed by atoms with Gasteiger partial charge in [0.15, 0.2) is 0 Å². The van der Waals surface area contributed by atoms with Crippen LogP contribution in [0.25, 0.3) is 0 Å². The Kier molecular flexibility index (Phi) is 8.46. The second-order valence-corrected chi connectivity index (χ2v) is 4.32. The Morgan fingerprint density at radius 2 is 2.06 bits per heavy atom. The second kappa shape index (κ2) is 9.34. The molecule has 0 saturated heterocycles. The normalized spacial score (nSPS) is 13.2. The van der Waals surface area contributed by atoms with Crippen molar-refractivity contribution >= 4 is 12.0 Å². The first-order valence-electron chi connectivity index (χ1n) is 6.21. The van der Waals surface area contributed by atoms with Crippen molar-refractivity contribution < 1.29 is 14.7 Å². The maximum absolute atomic E-state index is 11.6. The number of hydrogen-bond donors (Lipinski definition) is 3. The molecule has 18 heavy (non-hydrogen) atoms. The van der Waals surface area contributed by atoms with E-state index in [0.717, 1.165) is 6.42 Å². The van der Waals surface area contributed by atoms with E-state index in [1.165, 1.54) is 0 Å². The molecule has 0 radical (unpaired) electrons. The third-order valence-corrected chi connectivity index (χ3v) is 2.60. The zero-order chi connectivity index (χ0) is 14.0. The minimum atomic E-state index is -0.813. The Balaban J connectivity index is 3.85. The number of carbonyl (C=O) groups is 2. The Morgan fingerprint density at radius 1 is 1.39 bits per heavy atom. The lowest BCUT2D eigenvalue weighted by Gasteiger charge is -2.18. The highest BCUT2D eigenvalue weighted by molar-refractivity contribution is 5.74. The molecule has 0 saturated carbocycles. The lowest BCUT2D eigenvalue weighted by molar-refractivity contribution is -0.137. The number of terminal acetylenes is 1. The summed E-state index contributed by atoms with van der Waals surface area (Å²) >= 11 is 0. The average molecular weight is 254 g/mol. The molecule has 5 nitrogen and oxygen atoms in total. The van der Waals surface area contributed by atoms with Gasteiger partial charge in [0.1, 0.15) is 0 Å². The number of carboxylic acid groups (broad SMARTS) is 1. The first-order valence-corrected chi connectivity index (χ1v) is 6.21. The summed E-state index contributed by atoms with van der Waals surface area (Å²) in [6.07, 6.45) is 7.82. The van der Waals surface area contributed by atoms with Crippen molar-refractivity contribution in [1.82, 2.24) is 10.6 Å². The summed E-state index contributed by atoms with van der Waals surface area (Å²) in [5.74, 6) is 1.70. The van der Waals surface area contributed by atoms with Gasteiger partial charge < -0.3 is 15.7 Å². The Hall–Kier alpha value is -1.70. The quantitative estimate of drug-likeness (QED) is 0.577. The van der Waals surface area contributed by atoms with Crippen LogP contribution in [0.15, 0.2) is 0 Å². The van der Waals surface area contributed by atoms with E-state index in [-0.39, 0.29) is 24.5 Å². The molecular formula is C13H22N2O3. The SMILES string of the molecule is C#CCC(CC)NC(=O)NC(C)CCCC(=O)O. The van der Waals surface area contributed by atoms with E-state index in [1.807, 2.05) is 13.8 Å². The maximum atomic E-state index is 11.6. The number of aliphatic carboxylic acids is 1. The predicted molar refractivity (Wildman–Crippen MR) is 70.1 cm³/mol. The van der Waals surface area contributed by atoms with Gasteiger partial charge in [-0.2, -0.15) is 0 Å². The second-order valence-electron chi connectivity index (χ2n) is 4.32. The van der Waals surface area contributed by atoms with Crippen molar-refractivity contribution in [2.75, 3.05) is 0 Å². The smallest absolute Gasteiger partial charge is 0.315 e. The first kappa shape index (κ1) is 16.3. The largest absolute Gasteiger partial charge is 0.481 e. The van der Waals surface area contributed by atoms with Crippen molar-refractivity contribution in [3.05, 3.63) is 0 Å². The van der Waals surface area contributed by atoms with Gasteiger partial charge in [-0.25, -0.2) is 4.79 Å². The van der Waals surface area contributed by atoms with Crippen LogP contribution in [0.1, 0.15) is 46.0 Å². The highest BCUT2D eigenvalue weighted by atomic mass is 16.4. The van der Waals surface area contributed by atoms with E-state index in [4.69, 9.17) is 11.5 Å². The van der Waals surface area contributed by atoms with E-state index in [2.05, 4.69) is 16.6 Å². The first-order chi connectivity index (χ1) is 8.49. The summed E-state index contributed by atoms with van der Waals surface area (Å²) in [7, 11) is 0. The number of amides is 2. The highest BCUT2D eigenvalue weighted by Crippen LogP contribution is 2.01. The van der Waals surface area contributed by atoms with E-state index in [1.54, 1.807) is 0 Å². The molecule has 0 aliphatic carbocycles. The number of carbonyl (C=O) groups excluding carboxylic acids is 1. The molecule has 2 atom stereocenters. The molecular weight excluding hydrogens is 232 g/mol. The molecule has 2 unspecified atom stereocenters. The molecule has 0 aromatic rings. The molecule has 5 heteroatoms. The summed E-state index contributed by atoms with van der Waals surface area (Å²) in [5, 5.41) is 14.1. The van der Waals surface area contributed by atoms with Crippen LogP contribution in [0.4, 0.5) is 4.79 Å². The van der Waals surface area contributed by atoms with E-state index >= 15 is 0 Å². The van der Waals surface area contributed by atoms with Crippen molar-refractivity contribution in [1.29, 1.82) is 0 Å². The number of hydrogen-bond acceptors (Lipinski definition) is 2. The van der Waals surface area contributed by atoms with Gasteiger partial charge in [0.25, 0.3) is 0 Å². The molecule has 3 N–H and O–H groups in total. The van der Waals surface area contributed by atoms with Gasteiger partial charge in [-0.05, 0) is 26.2 Å². The van der Waals surface area contributed by atoms with E-state index in [9.17, 15) is 9.59 Å². The zero-order valence-corrected chi connectivity index (χ0v) is 11.0. The summed E-state index contributed by atoms with van der Waals surface area (Å²) < 4.78 is 0. The topological polar surface area (TPSA) is 78.4 Å². The summed E-state index contributed by atoms with van der Waals surface area (Å²) in [6.45, 7) is 3.81. The Morgan fingerprint density at radius 3 is 2.56 bits per heavy atom. The van der Waals surface area contributed by atoms with Crippen LogP contribution in [0.3, 0.4) is 0 Å². The van der Waals surface area contributed by atoms with Crippen LogP contribution >= 0.6 is 0 Å². The third-order valence-electron chi connectivity index (χ3n) is 2.60. The fourth-order valence-corrected chi connectivity index (χ4v) is 1.52. The minimum Gasteiger partial charge on any atom is -0.481 e. The molecule has 0 rings (SSSR count). The van der Waals surface area contributed by atoms with Gasteiger partial charge in [0, 0.05) is 24.9 Å². The van der Waals surface area contributed by atoms with Crippen LogP contribution in [-0.4, -0.2) is 29.2 Å². The van der Waals surface area contributed by atoms with Gasteiger partial charge >= 0.3 is 12.0 Å². The lowest BCUT2D eigenvalue weighted by atomic mass is 10.1. The molecule has 0 aromatic carbocycles. The molecule has 0 heterocycles. The number of carboxylic acids is 1. The number of urea groups is 1. The molecule has 0 aliphatic heterocycles. The van der Waals surface area contributed by atoms with Crippen LogP contribution < -0.4 is 10.6 Å². The molecule has 102 valence electrons. The third kappa shape index (κ3) is 8.45. The van der Waals surface area contributed by atoms with Crippen molar-refractivity contribution in [3.63, 3.8) is 0 Å². The zero-order valence-electron chi connectivity index (χ0n) is 11.0. The van der Waals surface area contributed by atoms with Gasteiger partial charge in [-0.3, -0.25) is 4.79 Å². The van der Waals surface area contributed by atoms with E-state index in [0.29, 0.717) is 19.3 Å². The number of rotatable bonds is 8.